The Morgan fingerprint density at radius 3 is 2.61 bits per heavy atom. The van der Waals surface area contributed by atoms with E-state index in [-0.39, 0.29) is 6.42 Å². The number of aliphatic hydroxyl groups is 1. The molecule has 2 aromatic rings. The minimum Gasteiger partial charge on any atom is -0.469 e. The van der Waals surface area contributed by atoms with Crippen LogP contribution in [-0.2, 0) is 16.0 Å². The van der Waals surface area contributed by atoms with E-state index in [0.717, 1.165) is 28.8 Å². The number of fused-ring (bicyclic) bond motifs is 1. The molecular weight excluding hydrogens is 582 g/mol. The second-order valence-electron chi connectivity index (χ2n) is 9.29. The van der Waals surface area contributed by atoms with E-state index in [1.165, 1.54) is 7.11 Å². The van der Waals surface area contributed by atoms with Gasteiger partial charge in [0.2, 0.25) is 0 Å². The van der Waals surface area contributed by atoms with E-state index in [2.05, 4.69) is 39.2 Å². The number of ether oxygens (including phenoxy) is 1. The van der Waals surface area contributed by atoms with E-state index >= 15 is 0 Å². The third kappa shape index (κ3) is 10.2. The Kier molecular flexibility index (Phi) is 15.9. The van der Waals surface area contributed by atoms with Gasteiger partial charge in [0.1, 0.15) is 5.82 Å². The van der Waals surface area contributed by atoms with E-state index in [0.29, 0.717) is 53.7 Å². The lowest BCUT2D eigenvalue weighted by atomic mass is 9.88. The number of carbonyl (C=O) groups excluding carboxylic acids is 1. The first kappa shape index (κ1) is 35.7. The second kappa shape index (κ2) is 18.2. The number of nitrogen functional groups attached to an aromatic ring is 1. The van der Waals surface area contributed by atoms with Crippen LogP contribution >= 0.6 is 15.9 Å². The van der Waals surface area contributed by atoms with Gasteiger partial charge in [-0.2, -0.15) is 9.61 Å². The van der Waals surface area contributed by atoms with Crippen LogP contribution in [0.25, 0.3) is 11.2 Å². The van der Waals surface area contributed by atoms with Crippen LogP contribution in [0.2, 0.25) is 0 Å². The molecule has 0 aliphatic carbocycles. The lowest BCUT2D eigenvalue weighted by molar-refractivity contribution is -0.146. The second-order valence-corrected chi connectivity index (χ2v) is 10.1. The molecule has 2 aromatic heterocycles. The molecule has 3 N–H and O–H groups in total. The number of hydrogen-bond acceptors (Lipinski definition) is 7. The normalized spacial score (nSPS) is 13.8. The van der Waals surface area contributed by atoms with Crippen LogP contribution in [0.5, 0.6) is 0 Å². The molecule has 0 saturated carbocycles. The molecule has 0 spiro atoms. The maximum atomic E-state index is 11.8. The number of allylic oxidation sites excluding steroid dienone is 6. The minimum absolute atomic E-state index is 0.0344. The summed E-state index contributed by atoms with van der Waals surface area (Å²) in [6, 6.07) is 0. The first-order valence-electron chi connectivity index (χ1n) is 14.0. The zero-order chi connectivity index (χ0) is 31.0. The number of esters is 1. The average molecular weight is 629 g/mol. The Morgan fingerprint density at radius 2 is 2.02 bits per heavy atom. The van der Waals surface area contributed by atoms with E-state index in [4.69, 9.17) is 15.5 Å². The number of aliphatic imine (C=N–C) groups is 1. The quantitative estimate of drug-likeness (QED) is 0.122. The highest BCUT2D eigenvalue weighted by Crippen LogP contribution is 2.30. The van der Waals surface area contributed by atoms with Crippen molar-refractivity contribution in [1.82, 2.24) is 14.6 Å². The van der Waals surface area contributed by atoms with Crippen LogP contribution in [0.4, 0.5) is 5.82 Å². The summed E-state index contributed by atoms with van der Waals surface area (Å²) in [6.45, 7) is 18.5. The Hall–Kier alpha value is -3.30. The number of nitrogens with two attached hydrogens (primary N) is 1. The average Bonchev–Trinajstić information content (AvgIpc) is 3.40. The number of carbonyl (C=O) groups is 1. The molecule has 2 heterocycles. The van der Waals surface area contributed by atoms with Gasteiger partial charge in [0.05, 0.1) is 42.0 Å². The Labute approximate surface area is 253 Å². The summed E-state index contributed by atoms with van der Waals surface area (Å²) in [5.41, 5.74) is 10.0. The third-order valence-corrected chi connectivity index (χ3v) is 7.29. The van der Waals surface area contributed by atoms with Gasteiger partial charge < -0.3 is 15.6 Å². The van der Waals surface area contributed by atoms with E-state index in [1.54, 1.807) is 16.9 Å². The molecule has 9 heteroatoms. The van der Waals surface area contributed by atoms with Crippen LogP contribution in [0.3, 0.4) is 0 Å². The summed E-state index contributed by atoms with van der Waals surface area (Å²) < 4.78 is 6.99. The molecule has 8 nitrogen and oxygen atoms in total. The summed E-state index contributed by atoms with van der Waals surface area (Å²) in [4.78, 5) is 21.2. The topological polar surface area (TPSA) is 115 Å². The fraction of sp³-hybridized carbons (Fsp3) is 0.438. The van der Waals surface area contributed by atoms with Crippen molar-refractivity contribution in [3.05, 3.63) is 76.6 Å². The largest absolute Gasteiger partial charge is 0.469 e. The summed E-state index contributed by atoms with van der Waals surface area (Å²) in [6.07, 6.45) is 16.0. The fourth-order valence-electron chi connectivity index (χ4n) is 4.31. The predicted octanol–water partition coefficient (Wildman–Crippen LogP) is 7.24. The Balaban J connectivity index is 0.00000411. The molecule has 0 fully saturated rings. The highest BCUT2D eigenvalue weighted by molar-refractivity contribution is 9.10. The van der Waals surface area contributed by atoms with Gasteiger partial charge in [-0.15, -0.1) is 0 Å². The molecule has 0 saturated heterocycles. The van der Waals surface area contributed by atoms with E-state index < -0.39 is 11.6 Å². The summed E-state index contributed by atoms with van der Waals surface area (Å²) >= 11 is 3.56. The number of aromatic nitrogens is 3. The molecular formula is C32H46BrN5O3. The number of halogens is 1. The number of anilines is 1. The lowest BCUT2D eigenvalue weighted by Gasteiger charge is -2.26. The van der Waals surface area contributed by atoms with Crippen LogP contribution in [-0.4, -0.2) is 51.1 Å². The third-order valence-electron chi connectivity index (χ3n) is 6.43. The zero-order valence-electron chi connectivity index (χ0n) is 25.4. The highest BCUT2D eigenvalue weighted by atomic mass is 79.9. The van der Waals surface area contributed by atoms with Gasteiger partial charge >= 0.3 is 5.97 Å². The Morgan fingerprint density at radius 1 is 1.32 bits per heavy atom. The summed E-state index contributed by atoms with van der Waals surface area (Å²) in [5.74, 6) is 0.00129. The molecule has 0 unspecified atom stereocenters. The van der Waals surface area contributed by atoms with Crippen molar-refractivity contribution in [2.45, 2.75) is 78.7 Å². The van der Waals surface area contributed by atoms with Gasteiger partial charge in [-0.3, -0.25) is 9.79 Å². The number of methoxy groups -OCH3 is 1. The van der Waals surface area contributed by atoms with Crippen LogP contribution in [0.15, 0.2) is 70.3 Å². The smallest absolute Gasteiger partial charge is 0.308 e. The van der Waals surface area contributed by atoms with Crippen LogP contribution in [0.1, 0.15) is 78.0 Å². The van der Waals surface area contributed by atoms with Crippen molar-refractivity contribution in [3.63, 3.8) is 0 Å². The molecule has 0 radical (unpaired) electrons. The van der Waals surface area contributed by atoms with Gasteiger partial charge in [0, 0.05) is 11.8 Å². The molecule has 0 aliphatic heterocycles. The molecule has 0 bridgehead atoms. The first-order valence-corrected chi connectivity index (χ1v) is 14.8. The molecule has 41 heavy (non-hydrogen) atoms. The maximum Gasteiger partial charge on any atom is 0.308 e. The zero-order valence-corrected chi connectivity index (χ0v) is 27.0. The number of nitrogens with zero attached hydrogens (tertiary/aromatic N) is 4. The van der Waals surface area contributed by atoms with Crippen molar-refractivity contribution in [3.8, 4) is 0 Å². The van der Waals surface area contributed by atoms with Crippen LogP contribution < -0.4 is 5.73 Å². The van der Waals surface area contributed by atoms with E-state index in [9.17, 15) is 9.90 Å². The molecule has 1 atom stereocenters. The minimum atomic E-state index is -1.12. The van der Waals surface area contributed by atoms with Crippen LogP contribution in [0, 0.1) is 0 Å². The maximum absolute atomic E-state index is 11.8. The van der Waals surface area contributed by atoms with Gasteiger partial charge in [-0.25, -0.2) is 4.98 Å². The monoisotopic (exact) mass is 627 g/mol. The highest BCUT2D eigenvalue weighted by Gasteiger charge is 2.29. The SMILES string of the molecule is C=CC(=C\C=C/C)/C(=C/C)CN=CC(=C)c1cnn2c(N)c(Br)c(CCC[C@](O)(CCC)CC(=O)OC)nc12.CC. The Bertz CT molecular complexity index is 1310. The summed E-state index contributed by atoms with van der Waals surface area (Å²) in [7, 11) is 1.33. The van der Waals surface area contributed by atoms with Crippen molar-refractivity contribution < 1.29 is 14.6 Å². The van der Waals surface area contributed by atoms with E-state index in [1.807, 2.05) is 65.0 Å². The van der Waals surface area contributed by atoms with Crippen molar-refractivity contribution in [1.29, 1.82) is 0 Å². The van der Waals surface area contributed by atoms with Gasteiger partial charge in [-0.1, -0.05) is 70.7 Å². The number of hydrogen-bond donors (Lipinski definition) is 2. The van der Waals surface area contributed by atoms with Crippen molar-refractivity contribution in [2.75, 3.05) is 19.4 Å². The number of rotatable bonds is 15. The van der Waals surface area contributed by atoms with Gasteiger partial charge in [0.15, 0.2) is 5.65 Å². The standard InChI is InChI=1S/C30H40BrN5O3.C2H6/c1-7-11-13-22(9-3)23(10-4)19-33-18-21(5)24-20-34-36-28(32)27(31)25(35-29(24)36)14-12-16-30(38,15-8-2)17-26(37)39-6;1-2/h7,9-11,13,18,20,38H,3,5,8,12,14-17,19,32H2,1-2,4,6H3;1-2H3/b11-7-,22-13+,23-10+,33-18?;/t30-;/m1./s1. The lowest BCUT2D eigenvalue weighted by Crippen LogP contribution is -2.32. The van der Waals surface area contributed by atoms with Gasteiger partial charge in [-0.05, 0) is 72.2 Å². The molecule has 0 aromatic carbocycles. The van der Waals surface area contributed by atoms with Crippen molar-refractivity contribution >= 4 is 45.2 Å². The molecule has 0 aliphatic rings. The summed E-state index contributed by atoms with van der Waals surface area (Å²) in [5, 5.41) is 15.4. The molecule has 2 rings (SSSR count). The molecule has 224 valence electrons. The molecule has 0 amide bonds. The fourth-order valence-corrected chi connectivity index (χ4v) is 4.76. The first-order chi connectivity index (χ1) is 19.6. The predicted molar refractivity (Wildman–Crippen MR) is 175 cm³/mol. The number of aryl methyl sites for hydroxylation is 1. The van der Waals surface area contributed by atoms with Gasteiger partial charge in [0.25, 0.3) is 0 Å². The van der Waals surface area contributed by atoms with Crippen molar-refractivity contribution in [2.24, 2.45) is 4.99 Å².